The lowest BCUT2D eigenvalue weighted by Gasteiger charge is -1.99. The minimum atomic E-state index is -1.10. The van der Waals surface area contributed by atoms with Gasteiger partial charge in [-0.05, 0) is 44.9 Å². The fourth-order valence-corrected chi connectivity index (χ4v) is 1.99. The summed E-state index contributed by atoms with van der Waals surface area (Å²) < 4.78 is 0. The Bertz CT molecular complexity index is 228. The van der Waals surface area contributed by atoms with Crippen molar-refractivity contribution in [2.75, 3.05) is 0 Å². The average molecular weight is 445 g/mol. The third-order valence-electron chi connectivity index (χ3n) is 3.74. The maximum Gasteiger partial charge on any atom is 0.151 e. The molecule has 0 aliphatic rings. The van der Waals surface area contributed by atoms with Gasteiger partial charge >= 0.3 is 0 Å². The van der Waals surface area contributed by atoms with E-state index < -0.39 is 25.2 Å². The van der Waals surface area contributed by atoms with E-state index >= 15 is 0 Å². The van der Waals surface area contributed by atoms with Crippen LogP contribution in [0.4, 0.5) is 0 Å². The topological polar surface area (TPSA) is 162 Å². The van der Waals surface area contributed by atoms with Crippen LogP contribution in [0.1, 0.15) is 118 Å². The number of aliphatic hydroxyl groups excluding tert-OH is 4. The summed E-state index contributed by atoms with van der Waals surface area (Å²) in [5.74, 6) is 0. The third-order valence-corrected chi connectivity index (χ3v) is 3.74. The molecular weight excluding hydrogens is 392 g/mol. The molecular formula is C22H52O8. The Balaban J connectivity index is -0.000000151. The lowest BCUT2D eigenvalue weighted by atomic mass is 10.2. The molecule has 0 atom stereocenters. The Kier molecular flexibility index (Phi) is 41.1. The molecule has 8 nitrogen and oxygen atoms in total. The highest BCUT2D eigenvalue weighted by atomic mass is 16.5. The monoisotopic (exact) mass is 444 g/mol. The first-order valence-electron chi connectivity index (χ1n) is 11.5. The first kappa shape index (κ1) is 37.0. The molecule has 0 unspecified atom stereocenters. The van der Waals surface area contributed by atoms with Crippen LogP contribution in [-0.4, -0.2) is 66.0 Å². The van der Waals surface area contributed by atoms with Crippen LogP contribution >= 0.6 is 0 Å². The van der Waals surface area contributed by atoms with Gasteiger partial charge in [-0.3, -0.25) is 0 Å². The smallest absolute Gasteiger partial charge is 0.151 e. The van der Waals surface area contributed by atoms with Gasteiger partial charge in [-0.2, -0.15) is 0 Å². The second-order valence-corrected chi connectivity index (χ2v) is 7.20. The van der Waals surface area contributed by atoms with Gasteiger partial charge in [0, 0.05) is 0 Å². The van der Waals surface area contributed by atoms with Crippen molar-refractivity contribution in [1.82, 2.24) is 0 Å². The van der Waals surface area contributed by atoms with Crippen LogP contribution < -0.4 is 0 Å². The van der Waals surface area contributed by atoms with Crippen LogP contribution in [0.2, 0.25) is 0 Å². The van der Waals surface area contributed by atoms with E-state index in [1.807, 2.05) is 6.92 Å². The first-order valence-corrected chi connectivity index (χ1v) is 11.5. The van der Waals surface area contributed by atoms with Gasteiger partial charge in [-0.1, -0.05) is 72.6 Å². The van der Waals surface area contributed by atoms with Crippen LogP contribution in [0.5, 0.6) is 0 Å². The fourth-order valence-electron chi connectivity index (χ4n) is 1.99. The van der Waals surface area contributed by atoms with Crippen molar-refractivity contribution in [2.24, 2.45) is 0 Å². The molecule has 0 aliphatic carbocycles. The van der Waals surface area contributed by atoms with Crippen molar-refractivity contribution < 1.29 is 40.9 Å². The van der Waals surface area contributed by atoms with E-state index in [1.165, 1.54) is 0 Å². The zero-order valence-electron chi connectivity index (χ0n) is 19.8. The summed E-state index contributed by atoms with van der Waals surface area (Å²) in [6.07, 6.45) is 7.95. The number of rotatable bonds is 14. The van der Waals surface area contributed by atoms with Gasteiger partial charge in [0.2, 0.25) is 0 Å². The van der Waals surface area contributed by atoms with Crippen LogP contribution in [0.3, 0.4) is 0 Å². The Morgan fingerprint density at radius 2 is 0.567 bits per heavy atom. The summed E-state index contributed by atoms with van der Waals surface area (Å²) in [7, 11) is 0. The van der Waals surface area contributed by atoms with Gasteiger partial charge in [0.05, 0.1) is 0 Å². The van der Waals surface area contributed by atoms with E-state index in [2.05, 4.69) is 20.8 Å². The molecule has 0 radical (unpaired) electrons. The van der Waals surface area contributed by atoms with Gasteiger partial charge in [-0.25, -0.2) is 0 Å². The Morgan fingerprint density at radius 3 is 0.667 bits per heavy atom. The Labute approximate surface area is 184 Å². The van der Waals surface area contributed by atoms with Crippen LogP contribution in [0.15, 0.2) is 0 Å². The Morgan fingerprint density at radius 1 is 0.333 bits per heavy atom. The van der Waals surface area contributed by atoms with Gasteiger partial charge in [0.25, 0.3) is 0 Å². The highest BCUT2D eigenvalue weighted by Gasteiger charge is 1.95. The van der Waals surface area contributed by atoms with E-state index in [9.17, 15) is 0 Å². The summed E-state index contributed by atoms with van der Waals surface area (Å²) in [5.41, 5.74) is 0. The molecule has 0 fully saturated rings. The number of hydrogen-bond donors (Lipinski definition) is 8. The second-order valence-electron chi connectivity index (χ2n) is 7.20. The quantitative estimate of drug-likeness (QED) is 0.150. The van der Waals surface area contributed by atoms with E-state index in [0.29, 0.717) is 25.7 Å². The van der Waals surface area contributed by atoms with Crippen molar-refractivity contribution in [3.63, 3.8) is 0 Å². The van der Waals surface area contributed by atoms with Gasteiger partial charge in [-0.15, -0.1) is 0 Å². The molecule has 0 aliphatic heterocycles. The molecule has 0 bridgehead atoms. The number of aliphatic hydroxyl groups is 8. The zero-order valence-corrected chi connectivity index (χ0v) is 19.8. The molecule has 0 rings (SSSR count). The maximum atomic E-state index is 8.33. The van der Waals surface area contributed by atoms with Gasteiger partial charge in [0.1, 0.15) is 0 Å². The molecule has 0 aromatic rings. The van der Waals surface area contributed by atoms with Crippen molar-refractivity contribution in [2.45, 2.75) is 143 Å². The summed E-state index contributed by atoms with van der Waals surface area (Å²) in [6, 6.07) is 0. The highest BCUT2D eigenvalue weighted by Crippen LogP contribution is 2.01. The normalized spacial score (nSPS) is 10.4. The lowest BCUT2D eigenvalue weighted by molar-refractivity contribution is -0.0472. The number of hydrogen-bond acceptors (Lipinski definition) is 8. The molecule has 30 heavy (non-hydrogen) atoms. The molecule has 188 valence electrons. The predicted molar refractivity (Wildman–Crippen MR) is 120 cm³/mol. The van der Waals surface area contributed by atoms with Crippen LogP contribution in [0, 0.1) is 0 Å². The van der Waals surface area contributed by atoms with Gasteiger partial charge in [0.15, 0.2) is 25.2 Å². The average Bonchev–Trinajstić information content (AvgIpc) is 2.63. The van der Waals surface area contributed by atoms with E-state index in [0.717, 1.165) is 64.2 Å². The first-order chi connectivity index (χ1) is 14.1. The lowest BCUT2D eigenvalue weighted by Crippen LogP contribution is -2.02. The summed E-state index contributed by atoms with van der Waals surface area (Å²) in [5, 5.41) is 66.2. The number of unbranched alkanes of at least 4 members (excludes halogenated alkanes) is 6. The van der Waals surface area contributed by atoms with E-state index in [-0.39, 0.29) is 0 Å². The third kappa shape index (κ3) is 63.0. The SMILES string of the molecule is CCCC(O)O.CCCCCC(O)O.CCCCCC(O)O.CCCCCC(O)O. The van der Waals surface area contributed by atoms with Crippen molar-refractivity contribution in [1.29, 1.82) is 0 Å². The highest BCUT2D eigenvalue weighted by molar-refractivity contribution is 4.41. The van der Waals surface area contributed by atoms with E-state index in [4.69, 9.17) is 40.9 Å². The molecule has 0 amide bonds. The molecule has 0 spiro atoms. The van der Waals surface area contributed by atoms with Crippen molar-refractivity contribution in [3.05, 3.63) is 0 Å². The standard InChI is InChI=1S/3C6H14O2.C4H10O2/c3*1-2-3-4-5-6(7)8;1-2-3-4(5)6/h3*6-8H,2-5H2,1H3;4-6H,2-3H2,1H3. The summed E-state index contributed by atoms with van der Waals surface area (Å²) in [6.45, 7) is 8.16. The predicted octanol–water partition coefficient (Wildman–Crippen LogP) is 2.73. The van der Waals surface area contributed by atoms with E-state index in [1.54, 1.807) is 0 Å². The summed E-state index contributed by atoms with van der Waals surface area (Å²) in [4.78, 5) is 0. The molecule has 0 saturated heterocycles. The zero-order chi connectivity index (χ0) is 24.2. The second kappa shape index (κ2) is 33.3. The van der Waals surface area contributed by atoms with Crippen LogP contribution in [-0.2, 0) is 0 Å². The molecule has 0 heterocycles. The molecule has 0 aromatic heterocycles. The minimum absolute atomic E-state index is 0.486. The minimum Gasteiger partial charge on any atom is -0.368 e. The van der Waals surface area contributed by atoms with Crippen molar-refractivity contribution >= 4 is 0 Å². The summed E-state index contributed by atoms with van der Waals surface area (Å²) >= 11 is 0. The molecule has 8 heteroatoms. The molecule has 8 N–H and O–H groups in total. The molecule has 0 saturated carbocycles. The van der Waals surface area contributed by atoms with Gasteiger partial charge < -0.3 is 40.9 Å². The van der Waals surface area contributed by atoms with Crippen molar-refractivity contribution in [3.8, 4) is 0 Å². The fraction of sp³-hybridized carbons (Fsp3) is 1.00. The Hall–Kier alpha value is -0.320. The molecule has 0 aromatic carbocycles. The largest absolute Gasteiger partial charge is 0.368 e. The van der Waals surface area contributed by atoms with Crippen LogP contribution in [0.25, 0.3) is 0 Å². The maximum absolute atomic E-state index is 8.33.